The van der Waals surface area contributed by atoms with Crippen molar-refractivity contribution in [3.05, 3.63) is 0 Å². The van der Waals surface area contributed by atoms with Crippen LogP contribution in [0.25, 0.3) is 0 Å². The van der Waals surface area contributed by atoms with Crippen LogP contribution >= 0.6 is 11.5 Å². The molecule has 1 saturated heterocycles. The molecule has 0 aromatic rings. The molecule has 18 heavy (non-hydrogen) atoms. The summed E-state index contributed by atoms with van der Waals surface area (Å²) in [5, 5.41) is 0. The Morgan fingerprint density at radius 2 is 1.17 bits per heavy atom. The lowest BCUT2D eigenvalue weighted by atomic mass is 9.47. The normalized spacial score (nSPS) is 20.0. The first-order valence-corrected chi connectivity index (χ1v) is 7.78. The molecule has 0 saturated carbocycles. The van der Waals surface area contributed by atoms with Crippen molar-refractivity contribution in [2.24, 2.45) is 0 Å². The van der Waals surface area contributed by atoms with Gasteiger partial charge in [-0.1, -0.05) is 39.5 Å². The number of hydrogen-bond donors (Lipinski definition) is 0. The molecule has 0 N–H and O–H groups in total. The number of halogens is 1. The predicted octanol–water partition coefficient (Wildman–Crippen LogP) is 2.60. The van der Waals surface area contributed by atoms with Gasteiger partial charge in [0.25, 0.3) is 14.0 Å². The van der Waals surface area contributed by atoms with Gasteiger partial charge in [0.2, 0.25) is 0 Å². The van der Waals surface area contributed by atoms with Gasteiger partial charge in [-0.15, -0.1) is 0 Å². The minimum absolute atomic E-state index is 0.0184. The maximum atomic E-state index is 6.56. The average molecular weight is 269 g/mol. The van der Waals surface area contributed by atoms with Crippen molar-refractivity contribution in [2.45, 2.75) is 52.2 Å². The van der Waals surface area contributed by atoms with E-state index < -0.39 is 0 Å². The van der Waals surface area contributed by atoms with Crippen LogP contribution in [0.4, 0.5) is 0 Å². The summed E-state index contributed by atoms with van der Waals surface area (Å²) in [6.45, 7) is 5.46. The van der Waals surface area contributed by atoms with Gasteiger partial charge in [0.15, 0.2) is 0 Å². The molecule has 0 aliphatic carbocycles. The van der Waals surface area contributed by atoms with Gasteiger partial charge in [-0.05, 0) is 33.8 Å². The van der Waals surface area contributed by atoms with E-state index in [1.807, 2.05) is 0 Å². The lowest BCUT2D eigenvalue weighted by Crippen LogP contribution is -2.73. The summed E-state index contributed by atoms with van der Waals surface area (Å²) in [5.41, 5.74) is 0. The van der Waals surface area contributed by atoms with Crippen LogP contribution in [0.1, 0.15) is 39.5 Å². The molecule has 0 atom stereocenters. The summed E-state index contributed by atoms with van der Waals surface area (Å²) < 4.78 is 7.09. The fourth-order valence-electron chi connectivity index (χ4n) is 2.93. The smallest absolute Gasteiger partial charge is 0.360 e. The Hall–Kier alpha value is 0.365. The molecular weight excluding hydrogens is 242 g/mol. The Morgan fingerprint density at radius 3 is 1.50 bits per heavy atom. The highest BCUT2D eigenvalue weighted by atomic mass is 35.5. The van der Waals surface area contributed by atoms with Gasteiger partial charge < -0.3 is 14.2 Å². The Balaban J connectivity index is 2.72. The van der Waals surface area contributed by atoms with Gasteiger partial charge in [-0.25, -0.2) is 0 Å². The van der Waals surface area contributed by atoms with Crippen molar-refractivity contribution >= 4 is 31.8 Å². The van der Waals surface area contributed by atoms with Crippen LogP contribution in [0, 0.1) is 0 Å². The molecule has 1 aliphatic rings. The van der Waals surface area contributed by atoms with E-state index in [1.54, 1.807) is 0 Å². The molecule has 1 heterocycles. The Labute approximate surface area is 119 Å². The summed E-state index contributed by atoms with van der Waals surface area (Å²) in [6, 6.07) is 0. The van der Waals surface area contributed by atoms with Crippen molar-refractivity contribution in [3.63, 3.8) is 0 Å². The van der Waals surface area contributed by atoms with Gasteiger partial charge in [-0.2, -0.15) is 11.5 Å². The van der Waals surface area contributed by atoms with Crippen LogP contribution in [-0.2, 0) is 0 Å². The fraction of sp³-hybridized carbons (Fsp3) is 1.00. The zero-order valence-electron chi connectivity index (χ0n) is 12.7. The summed E-state index contributed by atoms with van der Waals surface area (Å²) in [5.74, 6) is 0. The lowest BCUT2D eigenvalue weighted by molar-refractivity contribution is 0.532. The van der Waals surface area contributed by atoms with Gasteiger partial charge in [0.1, 0.15) is 0 Å². The quantitative estimate of drug-likeness (QED) is 0.686. The van der Waals surface area contributed by atoms with Gasteiger partial charge in [0.05, 0.1) is 0 Å². The van der Waals surface area contributed by atoms with Gasteiger partial charge in [-0.3, -0.25) is 0 Å². The Morgan fingerprint density at radius 1 is 0.778 bits per heavy atom. The molecule has 3 nitrogen and oxygen atoms in total. The van der Waals surface area contributed by atoms with E-state index in [1.165, 1.54) is 38.3 Å². The topological polar surface area (TPSA) is 9.72 Å². The molecule has 1 aliphatic heterocycles. The first-order valence-electron chi connectivity index (χ1n) is 7.34. The van der Waals surface area contributed by atoms with Crippen molar-refractivity contribution in [1.29, 1.82) is 0 Å². The van der Waals surface area contributed by atoms with E-state index in [9.17, 15) is 0 Å². The number of rotatable bonds is 6. The second kappa shape index (κ2) is 7.83. The summed E-state index contributed by atoms with van der Waals surface area (Å²) in [7, 11) is 6.53. The number of unbranched alkanes of at least 4 members (excludes halogenated alkanes) is 2. The molecule has 1 fully saturated rings. The van der Waals surface area contributed by atoms with Crippen molar-refractivity contribution in [3.8, 4) is 0 Å². The standard InChI is InChI=1S/C11H27B3ClN3/c1-6-8-10-12-16(3)13(11-9-7-2)18(5)14(15)17(12)4/h6-11H2,1-5H3. The van der Waals surface area contributed by atoms with Crippen molar-refractivity contribution < 1.29 is 0 Å². The summed E-state index contributed by atoms with van der Waals surface area (Å²) in [6.07, 6.45) is 7.48. The van der Waals surface area contributed by atoms with E-state index in [2.05, 4.69) is 49.2 Å². The molecule has 0 spiro atoms. The summed E-state index contributed by atoms with van der Waals surface area (Å²) in [4.78, 5) is 0. The first kappa shape index (κ1) is 16.4. The zero-order valence-corrected chi connectivity index (χ0v) is 13.5. The highest BCUT2D eigenvalue weighted by Crippen LogP contribution is 2.23. The van der Waals surface area contributed by atoms with Crippen LogP contribution in [0.2, 0.25) is 12.6 Å². The molecule has 7 heteroatoms. The lowest BCUT2D eigenvalue weighted by Gasteiger charge is -2.48. The predicted molar refractivity (Wildman–Crippen MR) is 85.8 cm³/mol. The van der Waals surface area contributed by atoms with Crippen LogP contribution in [0.5, 0.6) is 0 Å². The molecule has 0 unspecified atom stereocenters. The molecule has 102 valence electrons. The minimum atomic E-state index is 0.0184. The van der Waals surface area contributed by atoms with E-state index in [-0.39, 0.29) is 6.40 Å². The van der Waals surface area contributed by atoms with Crippen LogP contribution < -0.4 is 0 Å². The Bertz CT molecular complexity index is 226. The van der Waals surface area contributed by atoms with E-state index in [0.717, 1.165) is 0 Å². The monoisotopic (exact) mass is 269 g/mol. The third kappa shape index (κ3) is 3.69. The maximum absolute atomic E-state index is 6.56. The van der Waals surface area contributed by atoms with Gasteiger partial charge >= 0.3 is 6.40 Å². The number of nitrogens with zero attached hydrogens (tertiary/aromatic N) is 3. The molecular formula is C11H27B3ClN3. The van der Waals surface area contributed by atoms with Crippen LogP contribution in [0.15, 0.2) is 0 Å². The minimum Gasteiger partial charge on any atom is -0.360 e. The van der Waals surface area contributed by atoms with E-state index >= 15 is 0 Å². The molecule has 1 rings (SSSR count). The number of hydrogen-bond acceptors (Lipinski definition) is 3. The van der Waals surface area contributed by atoms with Gasteiger partial charge in [0, 0.05) is 0 Å². The van der Waals surface area contributed by atoms with E-state index in [0.29, 0.717) is 14.0 Å². The highest BCUT2D eigenvalue weighted by Gasteiger charge is 2.46. The highest BCUT2D eigenvalue weighted by molar-refractivity contribution is 7.11. The van der Waals surface area contributed by atoms with Crippen molar-refractivity contribution in [1.82, 2.24) is 14.2 Å². The van der Waals surface area contributed by atoms with E-state index in [4.69, 9.17) is 11.5 Å². The SMILES string of the molecule is CCCCB1N(C)B(Cl)N(C)B(CCCC)N1C. The first-order chi connectivity index (χ1) is 8.54. The third-order valence-corrected chi connectivity index (χ3v) is 4.80. The average Bonchev–Trinajstić information content (AvgIpc) is 2.36. The molecule has 0 aromatic carbocycles. The second-order valence-corrected chi connectivity index (χ2v) is 5.94. The molecule has 0 bridgehead atoms. The molecule has 0 amide bonds. The maximum Gasteiger partial charge on any atom is 0.398 e. The third-order valence-electron chi connectivity index (χ3n) is 4.18. The second-order valence-electron chi connectivity index (χ2n) is 5.55. The molecule has 0 aromatic heterocycles. The summed E-state index contributed by atoms with van der Waals surface area (Å²) >= 11 is 6.56. The largest absolute Gasteiger partial charge is 0.398 e. The van der Waals surface area contributed by atoms with Crippen LogP contribution in [-0.4, -0.2) is 55.7 Å². The molecule has 0 radical (unpaired) electrons. The van der Waals surface area contributed by atoms with Crippen LogP contribution in [0.3, 0.4) is 0 Å². The zero-order chi connectivity index (χ0) is 13.7. The Kier molecular flexibility index (Phi) is 7.15. The van der Waals surface area contributed by atoms with Crippen molar-refractivity contribution in [2.75, 3.05) is 21.1 Å². The fourth-order valence-corrected chi connectivity index (χ4v) is 3.19.